The van der Waals surface area contributed by atoms with E-state index in [0.717, 1.165) is 37.7 Å². The Morgan fingerprint density at radius 2 is 1.84 bits per heavy atom. The standard InChI is InChI=1S/C26H37NO4/c1-16-9-8-11-19(27(16)25(29)31-26(3,4)5)13-14-21-20-12-7-6-10-18(20)15-22-23(21)17(2)30-24(22)28/h15-21,23H,6-12H2,1-5H3/t16-,17-,18?,19+,20?,21-,23?/m0/s1. The third-order valence-corrected chi connectivity index (χ3v) is 7.44. The number of likely N-dealkylation sites (tertiary alicyclic amines) is 1. The number of amides is 1. The highest BCUT2D eigenvalue weighted by Crippen LogP contribution is 2.49. The number of fused-ring (bicyclic) bond motifs is 2. The van der Waals surface area contributed by atoms with Gasteiger partial charge < -0.3 is 9.47 Å². The van der Waals surface area contributed by atoms with Crippen LogP contribution in [0.2, 0.25) is 0 Å². The number of ether oxygens (including phenoxy) is 2. The summed E-state index contributed by atoms with van der Waals surface area (Å²) in [7, 11) is 0. The van der Waals surface area contributed by atoms with Gasteiger partial charge in [0.1, 0.15) is 11.7 Å². The number of carbonyl (C=O) groups is 2. The van der Waals surface area contributed by atoms with E-state index in [4.69, 9.17) is 9.47 Å². The summed E-state index contributed by atoms with van der Waals surface area (Å²) in [6, 6.07) is -0.0224. The maximum Gasteiger partial charge on any atom is 0.411 e. The minimum absolute atomic E-state index is 0.0512. The molecule has 7 atom stereocenters. The summed E-state index contributed by atoms with van der Waals surface area (Å²) < 4.78 is 11.3. The molecular weight excluding hydrogens is 390 g/mol. The van der Waals surface area contributed by atoms with Crippen molar-refractivity contribution in [2.45, 2.75) is 103 Å². The summed E-state index contributed by atoms with van der Waals surface area (Å²) in [6.07, 6.45) is 9.43. The topological polar surface area (TPSA) is 55.8 Å². The third-order valence-electron chi connectivity index (χ3n) is 7.44. The number of carbonyl (C=O) groups excluding carboxylic acids is 2. The molecule has 170 valence electrons. The molecule has 2 aliphatic heterocycles. The largest absolute Gasteiger partial charge is 0.459 e. The van der Waals surface area contributed by atoms with Gasteiger partial charge in [-0.3, -0.25) is 4.90 Å². The Hall–Kier alpha value is -1.96. The van der Waals surface area contributed by atoms with Crippen molar-refractivity contribution in [1.82, 2.24) is 4.90 Å². The molecule has 0 aromatic rings. The van der Waals surface area contributed by atoms with Crippen LogP contribution in [0, 0.1) is 35.5 Å². The molecule has 0 bridgehead atoms. The van der Waals surface area contributed by atoms with Crippen molar-refractivity contribution >= 4 is 12.1 Å². The molecule has 0 aromatic carbocycles. The van der Waals surface area contributed by atoms with Crippen LogP contribution < -0.4 is 0 Å². The summed E-state index contributed by atoms with van der Waals surface area (Å²) >= 11 is 0. The van der Waals surface area contributed by atoms with Crippen molar-refractivity contribution < 1.29 is 19.1 Å². The molecule has 0 radical (unpaired) electrons. The number of rotatable bonds is 0. The van der Waals surface area contributed by atoms with Gasteiger partial charge in [0.25, 0.3) is 0 Å². The van der Waals surface area contributed by atoms with Crippen LogP contribution >= 0.6 is 0 Å². The zero-order valence-corrected chi connectivity index (χ0v) is 19.6. The Balaban J connectivity index is 1.62. The SMILES string of the molecule is C[C@@H]1OC(=O)C2=CC3CCCCC3[C@H](C#C[C@H]3CCC[C@H](C)N3C(=O)OC(C)(C)C)C21. The molecule has 31 heavy (non-hydrogen) atoms. The quantitative estimate of drug-likeness (QED) is 0.399. The first-order valence-electron chi connectivity index (χ1n) is 12.1. The molecule has 2 aliphatic carbocycles. The first-order chi connectivity index (χ1) is 14.7. The van der Waals surface area contributed by atoms with Gasteiger partial charge in [0.2, 0.25) is 0 Å². The number of esters is 1. The third kappa shape index (κ3) is 4.49. The first-order valence-corrected chi connectivity index (χ1v) is 12.1. The average molecular weight is 428 g/mol. The van der Waals surface area contributed by atoms with E-state index in [-0.39, 0.29) is 42.1 Å². The fourth-order valence-electron chi connectivity index (χ4n) is 6.05. The molecule has 0 N–H and O–H groups in total. The molecule has 4 aliphatic rings. The van der Waals surface area contributed by atoms with E-state index in [0.29, 0.717) is 11.8 Å². The number of hydrogen-bond donors (Lipinski definition) is 0. The Kier molecular flexibility index (Phi) is 6.12. The van der Waals surface area contributed by atoms with Gasteiger partial charge in [-0.15, -0.1) is 0 Å². The van der Waals surface area contributed by atoms with Crippen molar-refractivity contribution in [2.24, 2.45) is 23.7 Å². The molecule has 5 heteroatoms. The minimum atomic E-state index is -0.526. The minimum Gasteiger partial charge on any atom is -0.459 e. The lowest BCUT2D eigenvalue weighted by molar-refractivity contribution is -0.138. The predicted molar refractivity (Wildman–Crippen MR) is 119 cm³/mol. The fourth-order valence-corrected chi connectivity index (χ4v) is 6.05. The second-order valence-corrected chi connectivity index (χ2v) is 10.9. The molecule has 1 amide bonds. The molecule has 0 aromatic heterocycles. The van der Waals surface area contributed by atoms with E-state index < -0.39 is 5.60 Å². The smallest absolute Gasteiger partial charge is 0.411 e. The maximum atomic E-state index is 13.0. The normalized spacial score (nSPS) is 37.6. The van der Waals surface area contributed by atoms with Crippen LogP contribution in [-0.2, 0) is 14.3 Å². The number of nitrogens with zero attached hydrogens (tertiary/aromatic N) is 1. The monoisotopic (exact) mass is 427 g/mol. The van der Waals surface area contributed by atoms with Crippen molar-refractivity contribution in [3.8, 4) is 11.8 Å². The van der Waals surface area contributed by atoms with Gasteiger partial charge >= 0.3 is 12.1 Å². The highest BCUT2D eigenvalue weighted by atomic mass is 16.6. The van der Waals surface area contributed by atoms with Crippen molar-refractivity contribution in [1.29, 1.82) is 0 Å². The zero-order valence-electron chi connectivity index (χ0n) is 19.6. The van der Waals surface area contributed by atoms with Gasteiger partial charge in [-0.05, 0) is 78.6 Å². The predicted octanol–water partition coefficient (Wildman–Crippen LogP) is 5.09. The van der Waals surface area contributed by atoms with E-state index in [9.17, 15) is 9.59 Å². The van der Waals surface area contributed by atoms with Crippen LogP contribution in [0.15, 0.2) is 11.6 Å². The zero-order chi connectivity index (χ0) is 22.3. The van der Waals surface area contributed by atoms with Gasteiger partial charge in [-0.25, -0.2) is 9.59 Å². The molecule has 2 heterocycles. The van der Waals surface area contributed by atoms with Gasteiger partial charge in [0, 0.05) is 23.5 Å². The molecule has 3 unspecified atom stereocenters. The number of piperidine rings is 1. The van der Waals surface area contributed by atoms with Gasteiger partial charge in [-0.2, -0.15) is 0 Å². The van der Waals surface area contributed by atoms with E-state index >= 15 is 0 Å². The second kappa shape index (κ2) is 8.52. The molecule has 3 fully saturated rings. The van der Waals surface area contributed by atoms with E-state index in [1.807, 2.05) is 32.6 Å². The van der Waals surface area contributed by atoms with E-state index in [1.165, 1.54) is 12.8 Å². The van der Waals surface area contributed by atoms with Gasteiger partial charge in [0.15, 0.2) is 0 Å². The molecule has 0 spiro atoms. The molecule has 2 saturated heterocycles. The lowest BCUT2D eigenvalue weighted by Gasteiger charge is -2.41. The Morgan fingerprint density at radius 3 is 2.58 bits per heavy atom. The van der Waals surface area contributed by atoms with E-state index in [1.54, 1.807) is 0 Å². The highest BCUT2D eigenvalue weighted by Gasteiger charge is 2.49. The summed E-state index contributed by atoms with van der Waals surface area (Å²) in [5.74, 6) is 8.01. The lowest BCUT2D eigenvalue weighted by atomic mass is 9.62. The molecule has 4 rings (SSSR count). The number of cyclic esters (lactones) is 1. The van der Waals surface area contributed by atoms with Crippen LogP contribution in [0.5, 0.6) is 0 Å². The highest BCUT2D eigenvalue weighted by molar-refractivity contribution is 5.92. The number of hydrogen-bond acceptors (Lipinski definition) is 4. The van der Waals surface area contributed by atoms with Crippen molar-refractivity contribution in [2.75, 3.05) is 0 Å². The Labute approximate surface area is 186 Å². The van der Waals surface area contributed by atoms with Crippen molar-refractivity contribution in [3.05, 3.63) is 11.6 Å². The summed E-state index contributed by atoms with van der Waals surface area (Å²) in [4.78, 5) is 27.3. The fraction of sp³-hybridized carbons (Fsp3) is 0.769. The van der Waals surface area contributed by atoms with Crippen LogP contribution in [0.3, 0.4) is 0 Å². The molecular formula is C26H37NO4. The Morgan fingerprint density at radius 1 is 1.10 bits per heavy atom. The molecule has 1 saturated carbocycles. The van der Waals surface area contributed by atoms with Crippen LogP contribution in [0.1, 0.15) is 79.6 Å². The second-order valence-electron chi connectivity index (χ2n) is 10.9. The summed E-state index contributed by atoms with van der Waals surface area (Å²) in [6.45, 7) is 9.78. The number of allylic oxidation sites excluding steroid dienone is 1. The van der Waals surface area contributed by atoms with Crippen LogP contribution in [0.4, 0.5) is 4.79 Å². The first kappa shape index (κ1) is 22.2. The molecule has 5 nitrogen and oxygen atoms in total. The lowest BCUT2D eigenvalue weighted by Crippen LogP contribution is -2.50. The maximum absolute atomic E-state index is 13.0. The van der Waals surface area contributed by atoms with Crippen LogP contribution in [0.25, 0.3) is 0 Å². The Bertz CT molecular complexity index is 813. The van der Waals surface area contributed by atoms with E-state index in [2.05, 4.69) is 24.8 Å². The average Bonchev–Trinajstić information content (AvgIpc) is 2.97. The van der Waals surface area contributed by atoms with Crippen molar-refractivity contribution in [3.63, 3.8) is 0 Å². The summed E-state index contributed by atoms with van der Waals surface area (Å²) in [5, 5.41) is 0. The van der Waals surface area contributed by atoms with Gasteiger partial charge in [-0.1, -0.05) is 30.8 Å². The van der Waals surface area contributed by atoms with Gasteiger partial charge in [0.05, 0.1) is 6.04 Å². The summed E-state index contributed by atoms with van der Waals surface area (Å²) in [5.41, 5.74) is 0.317. The van der Waals surface area contributed by atoms with Crippen LogP contribution in [-0.4, -0.2) is 40.8 Å².